The summed E-state index contributed by atoms with van der Waals surface area (Å²) in [5, 5.41) is 8.77. The van der Waals surface area contributed by atoms with E-state index >= 15 is 0 Å². The van der Waals surface area contributed by atoms with Crippen LogP contribution in [0, 0.1) is 6.92 Å². The molecule has 1 fully saturated rings. The van der Waals surface area contributed by atoms with Gasteiger partial charge in [0.1, 0.15) is 6.10 Å². The highest BCUT2D eigenvalue weighted by Gasteiger charge is 2.22. The maximum atomic E-state index is 10.7. The molecule has 80 valence electrons. The molecule has 0 atom stereocenters. The van der Waals surface area contributed by atoms with Crippen LogP contribution < -0.4 is 4.74 Å². The molecule has 1 aliphatic heterocycles. The first-order chi connectivity index (χ1) is 7.15. The summed E-state index contributed by atoms with van der Waals surface area (Å²) in [6.45, 7) is 2.69. The van der Waals surface area contributed by atoms with Crippen molar-refractivity contribution in [1.29, 1.82) is 0 Å². The predicted molar refractivity (Wildman–Crippen MR) is 49.0 cm³/mol. The molecule has 6 nitrogen and oxygen atoms in total. The number of aryl methyl sites for hydroxylation is 1. The Balaban J connectivity index is 2.18. The molecular formula is C9H10N2O4. The molecule has 0 saturated carbocycles. The molecule has 0 aromatic carbocycles. The SMILES string of the molecule is Cc1cc(C(=O)O)nc(OC2COC2)n1. The van der Waals surface area contributed by atoms with Gasteiger partial charge in [0.25, 0.3) is 0 Å². The highest BCUT2D eigenvalue weighted by molar-refractivity contribution is 5.85. The van der Waals surface area contributed by atoms with Crippen molar-refractivity contribution < 1.29 is 19.4 Å². The molecule has 1 N–H and O–H groups in total. The Morgan fingerprint density at radius 2 is 2.33 bits per heavy atom. The van der Waals surface area contributed by atoms with Crippen molar-refractivity contribution >= 4 is 5.97 Å². The molecule has 15 heavy (non-hydrogen) atoms. The highest BCUT2D eigenvalue weighted by Crippen LogP contribution is 2.12. The fourth-order valence-corrected chi connectivity index (χ4v) is 1.13. The Kier molecular flexibility index (Phi) is 2.51. The van der Waals surface area contributed by atoms with Crippen LogP contribution in [0.15, 0.2) is 6.07 Å². The van der Waals surface area contributed by atoms with Gasteiger partial charge in [0.2, 0.25) is 0 Å². The fraction of sp³-hybridized carbons (Fsp3) is 0.444. The highest BCUT2D eigenvalue weighted by atomic mass is 16.6. The minimum Gasteiger partial charge on any atom is -0.477 e. The van der Waals surface area contributed by atoms with Crippen LogP contribution in [0.4, 0.5) is 0 Å². The predicted octanol–water partition coefficient (Wildman–Crippen LogP) is 0.261. The van der Waals surface area contributed by atoms with Crippen LogP contribution in [0.3, 0.4) is 0 Å². The molecule has 1 aromatic rings. The number of aromatic nitrogens is 2. The summed E-state index contributed by atoms with van der Waals surface area (Å²) < 4.78 is 10.2. The minimum atomic E-state index is -1.09. The molecule has 2 heterocycles. The summed E-state index contributed by atoms with van der Waals surface area (Å²) in [6, 6.07) is 1.49. The molecular weight excluding hydrogens is 200 g/mol. The summed E-state index contributed by atoms with van der Waals surface area (Å²) >= 11 is 0. The first-order valence-corrected chi connectivity index (χ1v) is 4.48. The van der Waals surface area contributed by atoms with E-state index in [9.17, 15) is 4.79 Å². The largest absolute Gasteiger partial charge is 0.477 e. The molecule has 1 saturated heterocycles. The summed E-state index contributed by atoms with van der Waals surface area (Å²) in [5.41, 5.74) is 0.510. The lowest BCUT2D eigenvalue weighted by Gasteiger charge is -2.25. The number of hydrogen-bond acceptors (Lipinski definition) is 5. The molecule has 0 unspecified atom stereocenters. The number of rotatable bonds is 3. The monoisotopic (exact) mass is 210 g/mol. The van der Waals surface area contributed by atoms with Crippen molar-refractivity contribution in [3.63, 3.8) is 0 Å². The lowest BCUT2D eigenvalue weighted by atomic mass is 10.3. The van der Waals surface area contributed by atoms with Crippen molar-refractivity contribution in [2.75, 3.05) is 13.2 Å². The normalized spacial score (nSPS) is 15.8. The molecule has 0 radical (unpaired) electrons. The number of nitrogens with zero attached hydrogens (tertiary/aromatic N) is 2. The minimum absolute atomic E-state index is 0.0576. The van der Waals surface area contributed by atoms with Crippen molar-refractivity contribution in [2.24, 2.45) is 0 Å². The molecule has 0 aliphatic carbocycles. The van der Waals surface area contributed by atoms with Gasteiger partial charge in [-0.05, 0) is 13.0 Å². The van der Waals surface area contributed by atoms with Crippen molar-refractivity contribution in [1.82, 2.24) is 9.97 Å². The van der Waals surface area contributed by atoms with Gasteiger partial charge in [-0.15, -0.1) is 0 Å². The number of ether oxygens (including phenoxy) is 2. The Labute approximate surface area is 85.9 Å². The third-order valence-corrected chi connectivity index (χ3v) is 1.93. The van der Waals surface area contributed by atoms with Crippen molar-refractivity contribution in [2.45, 2.75) is 13.0 Å². The molecule has 0 amide bonds. The van der Waals surface area contributed by atoms with Crippen LogP contribution in [0.25, 0.3) is 0 Å². The Morgan fingerprint density at radius 1 is 1.60 bits per heavy atom. The number of hydrogen-bond donors (Lipinski definition) is 1. The quantitative estimate of drug-likeness (QED) is 0.770. The fourth-order valence-electron chi connectivity index (χ4n) is 1.13. The molecule has 6 heteroatoms. The maximum absolute atomic E-state index is 10.7. The second kappa shape index (κ2) is 3.82. The Morgan fingerprint density at radius 3 is 2.87 bits per heavy atom. The van der Waals surface area contributed by atoms with Crippen LogP contribution in [-0.4, -0.2) is 40.4 Å². The number of carboxylic acids is 1. The van der Waals surface area contributed by atoms with E-state index in [4.69, 9.17) is 14.6 Å². The molecule has 1 aromatic heterocycles. The van der Waals surface area contributed by atoms with Gasteiger partial charge in [0.05, 0.1) is 13.2 Å². The third kappa shape index (κ3) is 2.21. The van der Waals surface area contributed by atoms with Crippen molar-refractivity contribution in [3.05, 3.63) is 17.5 Å². The molecule has 0 bridgehead atoms. The lowest BCUT2D eigenvalue weighted by molar-refractivity contribution is -0.0832. The standard InChI is InChI=1S/C9H10N2O4/c1-5-2-7(8(12)13)11-9(10-5)15-6-3-14-4-6/h2,6H,3-4H2,1H3,(H,12,13). The van der Waals surface area contributed by atoms with Crippen LogP contribution in [0.5, 0.6) is 6.01 Å². The zero-order chi connectivity index (χ0) is 10.8. The van der Waals surface area contributed by atoms with E-state index in [0.717, 1.165) is 0 Å². The summed E-state index contributed by atoms with van der Waals surface area (Å²) in [5.74, 6) is -1.09. The molecule has 0 spiro atoms. The van der Waals surface area contributed by atoms with Crippen LogP contribution in [0.2, 0.25) is 0 Å². The zero-order valence-corrected chi connectivity index (χ0v) is 8.14. The van der Waals surface area contributed by atoms with Gasteiger partial charge in [0.15, 0.2) is 5.69 Å². The van der Waals surface area contributed by atoms with E-state index < -0.39 is 5.97 Å². The van der Waals surface area contributed by atoms with Gasteiger partial charge < -0.3 is 14.6 Å². The van der Waals surface area contributed by atoms with Gasteiger partial charge in [-0.3, -0.25) is 0 Å². The Hall–Kier alpha value is -1.69. The van der Waals surface area contributed by atoms with E-state index in [1.54, 1.807) is 6.92 Å². The van der Waals surface area contributed by atoms with Gasteiger partial charge >= 0.3 is 12.0 Å². The number of carboxylic acid groups (broad SMARTS) is 1. The van der Waals surface area contributed by atoms with Crippen LogP contribution in [0.1, 0.15) is 16.2 Å². The van der Waals surface area contributed by atoms with E-state index in [0.29, 0.717) is 18.9 Å². The number of carbonyl (C=O) groups is 1. The summed E-state index contributed by atoms with van der Waals surface area (Å²) in [4.78, 5) is 18.5. The first-order valence-electron chi connectivity index (χ1n) is 4.48. The molecule has 1 aliphatic rings. The molecule has 2 rings (SSSR count). The Bertz CT molecular complexity index is 390. The van der Waals surface area contributed by atoms with Gasteiger partial charge in [-0.1, -0.05) is 0 Å². The average Bonchev–Trinajstić information content (AvgIpc) is 2.10. The smallest absolute Gasteiger partial charge is 0.354 e. The third-order valence-electron chi connectivity index (χ3n) is 1.93. The van der Waals surface area contributed by atoms with Gasteiger partial charge in [0, 0.05) is 5.69 Å². The van der Waals surface area contributed by atoms with E-state index in [-0.39, 0.29) is 17.8 Å². The van der Waals surface area contributed by atoms with Gasteiger partial charge in [-0.2, -0.15) is 4.98 Å². The topological polar surface area (TPSA) is 81.5 Å². The zero-order valence-electron chi connectivity index (χ0n) is 8.14. The van der Waals surface area contributed by atoms with E-state index in [1.807, 2.05) is 0 Å². The average molecular weight is 210 g/mol. The van der Waals surface area contributed by atoms with Crippen LogP contribution >= 0.6 is 0 Å². The lowest BCUT2D eigenvalue weighted by Crippen LogP contribution is -2.39. The van der Waals surface area contributed by atoms with Crippen LogP contribution in [-0.2, 0) is 4.74 Å². The summed E-state index contributed by atoms with van der Waals surface area (Å²) in [7, 11) is 0. The first kappa shape index (κ1) is 9.85. The second-order valence-electron chi connectivity index (χ2n) is 3.26. The van der Waals surface area contributed by atoms with E-state index in [2.05, 4.69) is 9.97 Å². The number of aromatic carboxylic acids is 1. The van der Waals surface area contributed by atoms with Crippen molar-refractivity contribution in [3.8, 4) is 6.01 Å². The van der Waals surface area contributed by atoms with Gasteiger partial charge in [-0.25, -0.2) is 9.78 Å². The maximum Gasteiger partial charge on any atom is 0.354 e. The van der Waals surface area contributed by atoms with E-state index in [1.165, 1.54) is 6.07 Å². The summed E-state index contributed by atoms with van der Waals surface area (Å²) in [6.07, 6.45) is -0.0616. The second-order valence-corrected chi connectivity index (χ2v) is 3.26.